The second-order valence-electron chi connectivity index (χ2n) is 29.2. The minimum atomic E-state index is -0.781. The minimum Gasteiger partial charge on any atom is -0.0599 e. The largest absolute Gasteiger partial charge is 0.0599 e. The molecule has 65 heavy (non-hydrogen) atoms. The summed E-state index contributed by atoms with van der Waals surface area (Å²) in [5, 5.41) is 6.29. The van der Waals surface area contributed by atoms with E-state index in [1.54, 1.807) is 21.2 Å². The van der Waals surface area contributed by atoms with E-state index in [9.17, 15) is 0 Å². The molecule has 0 amide bonds. The van der Waals surface area contributed by atoms with Gasteiger partial charge in [-0.2, -0.15) is 0 Å². The van der Waals surface area contributed by atoms with Gasteiger partial charge in [0.2, 0.25) is 0 Å². The third-order valence-corrected chi connectivity index (χ3v) is 19.4. The van der Waals surface area contributed by atoms with Gasteiger partial charge in [0, 0.05) is 0 Å². The van der Waals surface area contributed by atoms with E-state index >= 15 is 0 Å². The lowest BCUT2D eigenvalue weighted by Crippen LogP contribution is -2.37. The fraction of sp³-hybridized carbons (Fsp3) is 0.619. The van der Waals surface area contributed by atoms with Crippen molar-refractivity contribution < 1.29 is 0 Å². The summed E-state index contributed by atoms with van der Waals surface area (Å²) in [6, 6.07) is 30.7. The van der Waals surface area contributed by atoms with E-state index in [2.05, 4.69) is 260 Å². The van der Waals surface area contributed by atoms with Gasteiger partial charge in [0.1, 0.15) is 0 Å². The van der Waals surface area contributed by atoms with E-state index in [1.165, 1.54) is 44.5 Å². The van der Waals surface area contributed by atoms with Crippen LogP contribution < -0.4 is 21.2 Å². The average molecular weight is 917 g/mol. The van der Waals surface area contributed by atoms with E-state index < -0.39 is 15.8 Å². The van der Waals surface area contributed by atoms with Crippen molar-refractivity contribution in [2.24, 2.45) is 11.3 Å². The smallest absolute Gasteiger partial charge is 0.0125 e. The van der Waals surface area contributed by atoms with E-state index in [1.807, 2.05) is 0 Å². The lowest BCUT2D eigenvalue weighted by atomic mass is 9.80. The third kappa shape index (κ3) is 13.5. The summed E-state index contributed by atoms with van der Waals surface area (Å²) < 4.78 is 0. The predicted molar refractivity (Wildman–Crippen MR) is 300 cm³/mol. The van der Waals surface area contributed by atoms with Crippen LogP contribution in [0.3, 0.4) is 0 Å². The second-order valence-corrected chi connectivity index (χ2v) is 33.6. The molecule has 0 atom stereocenters. The Balaban J connectivity index is 2.20. The monoisotopic (exact) mass is 917 g/mol. The zero-order valence-corrected chi connectivity index (χ0v) is 49.1. The highest BCUT2D eigenvalue weighted by molar-refractivity contribution is 7.74. The molecule has 0 aliphatic heterocycles. The van der Waals surface area contributed by atoms with E-state index in [-0.39, 0.29) is 48.7 Å². The lowest BCUT2D eigenvalue weighted by Gasteiger charge is -2.41. The van der Waals surface area contributed by atoms with Crippen molar-refractivity contribution >= 4 is 37.1 Å². The van der Waals surface area contributed by atoms with Crippen molar-refractivity contribution in [2.45, 2.75) is 230 Å². The normalized spacial score (nSPS) is 14.3. The SMILES string of the molecule is CC(C)(C)c1ccc(P(CC(CP(c2ccc(C(C)(C)C)cc2C(C)(C)C)c2ccc(C(C)(C)C)cc2C(C)(C)C)C(C)(C)C)c2ccc(C(C)(C)C)cc2C(C)(C)C)c(C(C)(C)C)c1. The second kappa shape index (κ2) is 18.6. The van der Waals surface area contributed by atoms with Crippen LogP contribution >= 0.6 is 15.8 Å². The van der Waals surface area contributed by atoms with Gasteiger partial charge in [0.15, 0.2) is 0 Å². The Bertz CT molecular complexity index is 1960. The topological polar surface area (TPSA) is 0 Å². The van der Waals surface area contributed by atoms with Crippen LogP contribution in [0.1, 0.15) is 231 Å². The zero-order chi connectivity index (χ0) is 50.1. The molecule has 0 saturated heterocycles. The Morgan fingerprint density at radius 3 is 0.600 bits per heavy atom. The Morgan fingerprint density at radius 1 is 0.277 bits per heavy atom. The number of benzene rings is 4. The zero-order valence-electron chi connectivity index (χ0n) is 47.3. The number of hydrogen-bond donors (Lipinski definition) is 0. The molecule has 4 rings (SSSR count). The molecule has 0 unspecified atom stereocenters. The Kier molecular flexibility index (Phi) is 15.8. The summed E-state index contributed by atoms with van der Waals surface area (Å²) in [5.41, 5.74) is 12.1. The molecule has 4 aromatic carbocycles. The fourth-order valence-corrected chi connectivity index (χ4v) is 16.6. The maximum Gasteiger partial charge on any atom is -0.0125 e. The number of rotatable bonds is 8. The first-order valence-electron chi connectivity index (χ1n) is 25.1. The van der Waals surface area contributed by atoms with Gasteiger partial charge in [0.05, 0.1) is 0 Å². The standard InChI is InChI=1S/C63H98P2/c1-55(2,3)42-28-32-51(47(36-42)60(16,17)18)64(52-33-29-43(56(4,5)6)37-48(52)61(19,20)21)40-46(59(13,14)15)41-65(53-34-30-44(57(7,8)9)38-49(53)62(22,23)24)54-35-31-45(58(10,11)12)39-50(54)63(25,26)27/h28-39,46H,40-41H2,1-27H3. The number of hydrogen-bond acceptors (Lipinski definition) is 0. The van der Waals surface area contributed by atoms with Gasteiger partial charge in [-0.1, -0.05) is 260 Å². The summed E-state index contributed by atoms with van der Waals surface area (Å²) in [4.78, 5) is 0. The Morgan fingerprint density at radius 2 is 0.462 bits per heavy atom. The van der Waals surface area contributed by atoms with E-state index in [4.69, 9.17) is 0 Å². The van der Waals surface area contributed by atoms with Crippen LogP contribution in [0.4, 0.5) is 0 Å². The van der Waals surface area contributed by atoms with Gasteiger partial charge in [0.25, 0.3) is 0 Å². The molecule has 0 radical (unpaired) electrons. The van der Waals surface area contributed by atoms with Gasteiger partial charge in [-0.05, 0) is 149 Å². The molecule has 2 heteroatoms. The predicted octanol–water partition coefficient (Wildman–Crippen LogP) is 17.3. The van der Waals surface area contributed by atoms with Gasteiger partial charge in [-0.25, -0.2) is 0 Å². The minimum absolute atomic E-state index is 0.0128. The first-order valence-corrected chi connectivity index (χ1v) is 28.1. The average Bonchev–Trinajstić information content (AvgIpc) is 3.10. The van der Waals surface area contributed by atoms with Gasteiger partial charge in [-0.15, -0.1) is 0 Å². The first-order chi connectivity index (χ1) is 28.9. The van der Waals surface area contributed by atoms with Crippen LogP contribution in [-0.2, 0) is 43.3 Å². The van der Waals surface area contributed by atoms with Crippen LogP contribution in [0.5, 0.6) is 0 Å². The van der Waals surface area contributed by atoms with Gasteiger partial charge in [-0.3, -0.25) is 0 Å². The first kappa shape index (κ1) is 55.3. The van der Waals surface area contributed by atoms with Crippen molar-refractivity contribution in [1.29, 1.82) is 0 Å². The van der Waals surface area contributed by atoms with Crippen LogP contribution in [0.25, 0.3) is 0 Å². The molecule has 0 aromatic heterocycles. The molecule has 4 aromatic rings. The van der Waals surface area contributed by atoms with Crippen LogP contribution in [0.15, 0.2) is 72.8 Å². The fourth-order valence-electron chi connectivity index (χ4n) is 9.05. The molecule has 0 nitrogen and oxygen atoms in total. The summed E-state index contributed by atoms with van der Waals surface area (Å²) in [7, 11) is -1.56. The van der Waals surface area contributed by atoms with E-state index in [0.717, 1.165) is 12.3 Å². The Labute approximate surface area is 406 Å². The highest BCUT2D eigenvalue weighted by Gasteiger charge is 2.39. The molecule has 0 bridgehead atoms. The molecule has 0 saturated carbocycles. The third-order valence-electron chi connectivity index (χ3n) is 13.9. The van der Waals surface area contributed by atoms with Crippen LogP contribution in [0, 0.1) is 11.3 Å². The van der Waals surface area contributed by atoms with E-state index in [0.29, 0.717) is 5.92 Å². The summed E-state index contributed by atoms with van der Waals surface area (Å²) in [6.07, 6.45) is 2.28. The molecular formula is C63H98P2. The molecule has 0 aliphatic rings. The van der Waals surface area contributed by atoms with Crippen molar-refractivity contribution in [3.63, 3.8) is 0 Å². The molecule has 0 heterocycles. The molecule has 0 fully saturated rings. The molecular weight excluding hydrogens is 819 g/mol. The summed E-state index contributed by atoms with van der Waals surface area (Å²) in [6.45, 7) is 65.5. The van der Waals surface area contributed by atoms with Crippen molar-refractivity contribution in [3.8, 4) is 0 Å². The maximum atomic E-state index is 2.60. The van der Waals surface area contributed by atoms with Crippen LogP contribution in [-0.4, -0.2) is 12.3 Å². The van der Waals surface area contributed by atoms with Crippen molar-refractivity contribution in [1.82, 2.24) is 0 Å². The molecule has 0 spiro atoms. The molecule has 0 aliphatic carbocycles. The van der Waals surface area contributed by atoms with Crippen LogP contribution in [0.2, 0.25) is 0 Å². The maximum absolute atomic E-state index is 2.60. The molecule has 0 N–H and O–H groups in total. The van der Waals surface area contributed by atoms with Crippen molar-refractivity contribution in [2.75, 3.05) is 12.3 Å². The summed E-state index contributed by atoms with van der Waals surface area (Å²) >= 11 is 0. The van der Waals surface area contributed by atoms with Gasteiger partial charge < -0.3 is 0 Å². The lowest BCUT2D eigenvalue weighted by molar-refractivity contribution is 0.292. The molecule has 360 valence electrons. The highest BCUT2D eigenvalue weighted by Crippen LogP contribution is 2.52. The summed E-state index contributed by atoms with van der Waals surface area (Å²) in [5.74, 6) is 0.440. The highest BCUT2D eigenvalue weighted by atomic mass is 31.1. The van der Waals surface area contributed by atoms with Crippen molar-refractivity contribution in [3.05, 3.63) is 117 Å². The van der Waals surface area contributed by atoms with Gasteiger partial charge >= 0.3 is 0 Å². The quantitative estimate of drug-likeness (QED) is 0.155. The Hall–Kier alpha value is -2.26.